The zero-order chi connectivity index (χ0) is 14.8. The number of ether oxygens (including phenoxy) is 1. The van der Waals surface area contributed by atoms with E-state index in [4.69, 9.17) is 10.5 Å². The summed E-state index contributed by atoms with van der Waals surface area (Å²) >= 11 is 0. The maximum absolute atomic E-state index is 12.2. The van der Waals surface area contributed by atoms with Crippen molar-refractivity contribution in [1.82, 2.24) is 15.1 Å². The summed E-state index contributed by atoms with van der Waals surface area (Å²) < 4.78 is 7.47. The van der Waals surface area contributed by atoms with Gasteiger partial charge in [-0.2, -0.15) is 5.10 Å². The SMILES string of the molecule is CCC1(CC)CC(NC(=O)c2nn(C)cc2N)CCO1. The number of nitrogen functional groups attached to an aromatic ring is 1. The molecule has 1 aromatic rings. The molecule has 2 rings (SSSR count). The molecule has 6 nitrogen and oxygen atoms in total. The zero-order valence-electron chi connectivity index (χ0n) is 12.5. The lowest BCUT2D eigenvalue weighted by Gasteiger charge is -2.40. The van der Waals surface area contributed by atoms with E-state index in [0.717, 1.165) is 25.7 Å². The first-order valence-electron chi connectivity index (χ1n) is 7.23. The molecule has 1 amide bonds. The molecule has 0 saturated carbocycles. The minimum absolute atomic E-state index is 0.105. The highest BCUT2D eigenvalue weighted by Crippen LogP contribution is 2.31. The van der Waals surface area contributed by atoms with Crippen LogP contribution in [0.2, 0.25) is 0 Å². The van der Waals surface area contributed by atoms with Gasteiger partial charge in [0.2, 0.25) is 0 Å². The second-order valence-corrected chi connectivity index (χ2v) is 5.51. The van der Waals surface area contributed by atoms with Crippen LogP contribution < -0.4 is 11.1 Å². The van der Waals surface area contributed by atoms with Crippen LogP contribution >= 0.6 is 0 Å². The number of aromatic nitrogens is 2. The Bertz CT molecular complexity index is 480. The van der Waals surface area contributed by atoms with Crippen LogP contribution in [0.4, 0.5) is 5.69 Å². The molecule has 0 bridgehead atoms. The van der Waals surface area contributed by atoms with Gasteiger partial charge < -0.3 is 15.8 Å². The summed E-state index contributed by atoms with van der Waals surface area (Å²) in [4.78, 5) is 12.2. The Morgan fingerprint density at radius 1 is 1.60 bits per heavy atom. The summed E-state index contributed by atoms with van der Waals surface area (Å²) in [6.07, 6.45) is 5.24. The van der Waals surface area contributed by atoms with Gasteiger partial charge in [-0.1, -0.05) is 13.8 Å². The van der Waals surface area contributed by atoms with Gasteiger partial charge in [0.05, 0.1) is 11.3 Å². The Hall–Kier alpha value is -1.56. The molecule has 1 aliphatic heterocycles. The van der Waals surface area contributed by atoms with Crippen molar-refractivity contribution < 1.29 is 9.53 Å². The molecule has 1 aliphatic rings. The van der Waals surface area contributed by atoms with Gasteiger partial charge in [0.1, 0.15) is 0 Å². The average molecular weight is 280 g/mol. The van der Waals surface area contributed by atoms with Crippen molar-refractivity contribution in [3.63, 3.8) is 0 Å². The first-order valence-corrected chi connectivity index (χ1v) is 7.23. The van der Waals surface area contributed by atoms with Gasteiger partial charge in [-0.25, -0.2) is 0 Å². The topological polar surface area (TPSA) is 82.2 Å². The van der Waals surface area contributed by atoms with Crippen molar-refractivity contribution in [2.75, 3.05) is 12.3 Å². The smallest absolute Gasteiger partial charge is 0.274 e. The van der Waals surface area contributed by atoms with Crippen molar-refractivity contribution in [1.29, 1.82) is 0 Å². The van der Waals surface area contributed by atoms with Crippen molar-refractivity contribution in [2.45, 2.75) is 51.2 Å². The molecule has 3 N–H and O–H groups in total. The lowest BCUT2D eigenvalue weighted by molar-refractivity contribution is -0.0917. The minimum Gasteiger partial charge on any atom is -0.396 e. The van der Waals surface area contributed by atoms with Gasteiger partial charge in [0, 0.05) is 25.9 Å². The molecule has 1 saturated heterocycles. The van der Waals surface area contributed by atoms with Crippen LogP contribution in [0.15, 0.2) is 6.20 Å². The monoisotopic (exact) mass is 280 g/mol. The van der Waals surface area contributed by atoms with Gasteiger partial charge in [0.25, 0.3) is 5.91 Å². The average Bonchev–Trinajstić information content (AvgIpc) is 2.78. The summed E-state index contributed by atoms with van der Waals surface area (Å²) in [7, 11) is 1.75. The van der Waals surface area contributed by atoms with Crippen LogP contribution in [0, 0.1) is 0 Å². The van der Waals surface area contributed by atoms with E-state index in [1.807, 2.05) is 0 Å². The van der Waals surface area contributed by atoms with Crippen LogP contribution in [-0.4, -0.2) is 33.9 Å². The first kappa shape index (κ1) is 14.8. The summed E-state index contributed by atoms with van der Waals surface area (Å²) in [6.45, 7) is 4.94. The normalized spacial score (nSPS) is 21.6. The predicted molar refractivity (Wildman–Crippen MR) is 77.4 cm³/mol. The molecule has 1 fully saturated rings. The number of carbonyl (C=O) groups excluding carboxylic acids is 1. The largest absolute Gasteiger partial charge is 0.396 e. The molecule has 1 unspecified atom stereocenters. The van der Waals surface area contributed by atoms with Gasteiger partial charge in [-0.3, -0.25) is 9.48 Å². The molecule has 6 heteroatoms. The fourth-order valence-corrected chi connectivity index (χ4v) is 2.83. The number of anilines is 1. The number of aryl methyl sites for hydroxylation is 1. The number of hydrogen-bond acceptors (Lipinski definition) is 4. The summed E-state index contributed by atoms with van der Waals surface area (Å²) in [5.41, 5.74) is 6.39. The second-order valence-electron chi connectivity index (χ2n) is 5.51. The number of amides is 1. The number of nitrogens with two attached hydrogens (primary N) is 1. The molecule has 112 valence electrons. The number of rotatable bonds is 4. The molecule has 0 aliphatic carbocycles. The standard InChI is InChI=1S/C14H24N4O2/c1-4-14(5-2)8-10(6-7-20-14)16-13(19)12-11(15)9-18(3)17-12/h9-10H,4-8,15H2,1-3H3,(H,16,19). The van der Waals surface area contributed by atoms with Gasteiger partial charge in [-0.15, -0.1) is 0 Å². The van der Waals surface area contributed by atoms with Gasteiger partial charge >= 0.3 is 0 Å². The zero-order valence-corrected chi connectivity index (χ0v) is 12.5. The van der Waals surface area contributed by atoms with Gasteiger partial charge in [0.15, 0.2) is 5.69 Å². The van der Waals surface area contributed by atoms with Crippen molar-refractivity contribution >= 4 is 11.6 Å². The van der Waals surface area contributed by atoms with Crippen LogP contribution in [-0.2, 0) is 11.8 Å². The lowest BCUT2D eigenvalue weighted by Crippen LogP contribution is -2.48. The second kappa shape index (κ2) is 5.83. The van der Waals surface area contributed by atoms with E-state index in [2.05, 4.69) is 24.3 Å². The minimum atomic E-state index is -0.198. The van der Waals surface area contributed by atoms with Crippen LogP contribution in [0.25, 0.3) is 0 Å². The third-order valence-corrected chi connectivity index (χ3v) is 4.19. The molecule has 2 heterocycles. The Balaban J connectivity index is 2.03. The van der Waals surface area contributed by atoms with Crippen molar-refractivity contribution in [2.24, 2.45) is 7.05 Å². The Morgan fingerprint density at radius 2 is 2.30 bits per heavy atom. The lowest BCUT2D eigenvalue weighted by atomic mass is 9.86. The van der Waals surface area contributed by atoms with E-state index in [-0.39, 0.29) is 17.6 Å². The molecule has 0 radical (unpaired) electrons. The molecule has 1 aromatic heterocycles. The maximum atomic E-state index is 12.2. The van der Waals surface area contributed by atoms with E-state index in [1.54, 1.807) is 17.9 Å². The van der Waals surface area contributed by atoms with E-state index < -0.39 is 0 Å². The molecule has 1 atom stereocenters. The summed E-state index contributed by atoms with van der Waals surface area (Å²) in [5, 5.41) is 7.14. The van der Waals surface area contributed by atoms with E-state index in [1.165, 1.54) is 0 Å². The third kappa shape index (κ3) is 2.95. The number of nitrogens with zero attached hydrogens (tertiary/aromatic N) is 2. The van der Waals surface area contributed by atoms with Crippen molar-refractivity contribution in [3.05, 3.63) is 11.9 Å². The molecular formula is C14H24N4O2. The van der Waals surface area contributed by atoms with Gasteiger partial charge in [-0.05, 0) is 25.7 Å². The van der Waals surface area contributed by atoms with Crippen LogP contribution in [0.5, 0.6) is 0 Å². The van der Waals surface area contributed by atoms with Crippen LogP contribution in [0.1, 0.15) is 50.0 Å². The Kier molecular flexibility index (Phi) is 4.32. The third-order valence-electron chi connectivity index (χ3n) is 4.19. The molecule has 20 heavy (non-hydrogen) atoms. The first-order chi connectivity index (χ1) is 9.49. The summed E-state index contributed by atoms with van der Waals surface area (Å²) in [6, 6.07) is 0.123. The maximum Gasteiger partial charge on any atom is 0.274 e. The molecule has 0 aromatic carbocycles. The molecular weight excluding hydrogens is 256 g/mol. The number of nitrogens with one attached hydrogen (secondary N) is 1. The van der Waals surface area contributed by atoms with Crippen LogP contribution in [0.3, 0.4) is 0 Å². The highest BCUT2D eigenvalue weighted by Gasteiger charge is 2.35. The fourth-order valence-electron chi connectivity index (χ4n) is 2.83. The Labute approximate surface area is 119 Å². The highest BCUT2D eigenvalue weighted by molar-refractivity contribution is 5.97. The fraction of sp³-hybridized carbons (Fsp3) is 0.714. The number of hydrogen-bond donors (Lipinski definition) is 2. The quantitative estimate of drug-likeness (QED) is 0.875. The van der Waals surface area contributed by atoms with Crippen molar-refractivity contribution in [3.8, 4) is 0 Å². The number of carbonyl (C=O) groups is 1. The van der Waals surface area contributed by atoms with E-state index >= 15 is 0 Å². The van der Waals surface area contributed by atoms with E-state index in [0.29, 0.717) is 18.0 Å². The summed E-state index contributed by atoms with van der Waals surface area (Å²) in [5.74, 6) is -0.198. The predicted octanol–water partition coefficient (Wildman–Crippen LogP) is 1.47. The highest BCUT2D eigenvalue weighted by atomic mass is 16.5. The Morgan fingerprint density at radius 3 is 2.85 bits per heavy atom. The van der Waals surface area contributed by atoms with E-state index in [9.17, 15) is 4.79 Å². The molecule has 0 spiro atoms.